The molecule has 1 aromatic carbocycles. The second-order valence-corrected chi connectivity index (χ2v) is 9.87. The molecular weight excluding hydrogens is 416 g/mol. The van der Waals surface area contributed by atoms with Crippen molar-refractivity contribution in [2.24, 2.45) is 0 Å². The average Bonchev–Trinajstić information content (AvgIpc) is 3.53. The van der Waals surface area contributed by atoms with Gasteiger partial charge in [-0.3, -0.25) is 14.5 Å². The molecule has 1 atom stereocenters. The van der Waals surface area contributed by atoms with Crippen molar-refractivity contribution in [3.05, 3.63) is 51.7 Å². The molecule has 2 aliphatic rings. The molecule has 0 spiro atoms. The van der Waals surface area contributed by atoms with E-state index in [9.17, 15) is 9.59 Å². The highest BCUT2D eigenvalue weighted by Gasteiger charge is 2.38. The standard InChI is InChI=1S/C22H24N4O2S2/c27-21(17-6-3-9-26(17)22(28)19-8-4-14-29-19)25-12-10-24(11-13-25)15-20-23-16-5-1-2-7-18(16)30-20/h1-2,4-5,7-8,14,17H,3,6,9-13,15H2/t17-/m0/s1. The van der Waals surface area contributed by atoms with Gasteiger partial charge in [0.2, 0.25) is 5.91 Å². The molecule has 2 fully saturated rings. The highest BCUT2D eigenvalue weighted by molar-refractivity contribution is 7.18. The minimum atomic E-state index is -0.310. The van der Waals surface area contributed by atoms with Crippen molar-refractivity contribution in [1.82, 2.24) is 19.7 Å². The Hall–Kier alpha value is -2.29. The van der Waals surface area contributed by atoms with Crippen LogP contribution in [0.4, 0.5) is 0 Å². The molecule has 8 heteroatoms. The number of amides is 2. The van der Waals surface area contributed by atoms with Gasteiger partial charge in [-0.15, -0.1) is 22.7 Å². The van der Waals surface area contributed by atoms with Crippen LogP contribution in [0.3, 0.4) is 0 Å². The van der Waals surface area contributed by atoms with Crippen LogP contribution < -0.4 is 0 Å². The van der Waals surface area contributed by atoms with Crippen LogP contribution in [0.15, 0.2) is 41.8 Å². The van der Waals surface area contributed by atoms with Crippen molar-refractivity contribution in [1.29, 1.82) is 0 Å². The smallest absolute Gasteiger partial charge is 0.264 e. The van der Waals surface area contributed by atoms with E-state index in [1.54, 1.807) is 16.2 Å². The number of nitrogens with zero attached hydrogens (tertiary/aromatic N) is 4. The number of para-hydroxylation sites is 1. The van der Waals surface area contributed by atoms with E-state index in [1.807, 2.05) is 34.5 Å². The van der Waals surface area contributed by atoms with Gasteiger partial charge in [-0.1, -0.05) is 18.2 Å². The number of thiophene rings is 1. The number of benzene rings is 1. The predicted octanol–water partition coefficient (Wildman–Crippen LogP) is 3.31. The quantitative estimate of drug-likeness (QED) is 0.625. The lowest BCUT2D eigenvalue weighted by Gasteiger charge is -2.37. The third kappa shape index (κ3) is 3.87. The second kappa shape index (κ2) is 8.45. The van der Waals surface area contributed by atoms with Crippen LogP contribution in [0.2, 0.25) is 0 Å². The molecule has 0 aliphatic carbocycles. The van der Waals surface area contributed by atoms with Gasteiger partial charge in [-0.25, -0.2) is 4.98 Å². The first-order chi connectivity index (χ1) is 14.7. The average molecular weight is 441 g/mol. The van der Waals surface area contributed by atoms with Crippen molar-refractivity contribution in [2.75, 3.05) is 32.7 Å². The summed E-state index contributed by atoms with van der Waals surface area (Å²) in [4.78, 5) is 37.5. The number of fused-ring (bicyclic) bond motifs is 1. The normalized spacial score (nSPS) is 20.2. The molecule has 5 rings (SSSR count). The van der Waals surface area contributed by atoms with E-state index in [4.69, 9.17) is 4.98 Å². The molecule has 2 saturated heterocycles. The third-order valence-electron chi connectivity index (χ3n) is 5.91. The summed E-state index contributed by atoms with van der Waals surface area (Å²) in [5.74, 6) is 0.104. The lowest BCUT2D eigenvalue weighted by Crippen LogP contribution is -2.54. The van der Waals surface area contributed by atoms with Crippen molar-refractivity contribution >= 4 is 44.7 Å². The van der Waals surface area contributed by atoms with E-state index in [1.165, 1.54) is 16.0 Å². The number of thiazole rings is 1. The van der Waals surface area contributed by atoms with E-state index in [0.29, 0.717) is 19.6 Å². The summed E-state index contributed by atoms with van der Waals surface area (Å²) in [6.45, 7) is 4.60. The zero-order valence-corrected chi connectivity index (χ0v) is 18.3. The van der Waals surface area contributed by atoms with Gasteiger partial charge < -0.3 is 9.80 Å². The van der Waals surface area contributed by atoms with Gasteiger partial charge in [-0.05, 0) is 36.4 Å². The SMILES string of the molecule is O=C([C@@H]1CCCN1C(=O)c1cccs1)N1CCN(Cc2nc3ccccc3s2)CC1. The number of rotatable bonds is 4. The molecule has 0 radical (unpaired) electrons. The molecule has 0 N–H and O–H groups in total. The summed E-state index contributed by atoms with van der Waals surface area (Å²) >= 11 is 3.19. The topological polar surface area (TPSA) is 56.8 Å². The van der Waals surface area contributed by atoms with Crippen LogP contribution in [-0.4, -0.2) is 70.3 Å². The highest BCUT2D eigenvalue weighted by Crippen LogP contribution is 2.25. The summed E-state index contributed by atoms with van der Waals surface area (Å²) in [5, 5.41) is 3.03. The van der Waals surface area contributed by atoms with Crippen molar-refractivity contribution in [2.45, 2.75) is 25.4 Å². The zero-order valence-electron chi connectivity index (χ0n) is 16.7. The Kier molecular flexibility index (Phi) is 5.54. The van der Waals surface area contributed by atoms with Gasteiger partial charge in [0.05, 0.1) is 21.6 Å². The van der Waals surface area contributed by atoms with Crippen LogP contribution in [0.25, 0.3) is 10.2 Å². The van der Waals surface area contributed by atoms with E-state index in [2.05, 4.69) is 17.0 Å². The molecule has 2 aromatic heterocycles. The maximum atomic E-state index is 13.2. The molecule has 0 unspecified atom stereocenters. The number of carbonyl (C=O) groups excluding carboxylic acids is 2. The largest absolute Gasteiger partial charge is 0.338 e. The monoisotopic (exact) mass is 440 g/mol. The lowest BCUT2D eigenvalue weighted by atomic mass is 10.1. The molecule has 0 saturated carbocycles. The Balaban J connectivity index is 1.18. The Labute approximate surface area is 183 Å². The van der Waals surface area contributed by atoms with Crippen LogP contribution >= 0.6 is 22.7 Å². The Morgan fingerprint density at radius 3 is 2.63 bits per heavy atom. The molecule has 0 bridgehead atoms. The Morgan fingerprint density at radius 1 is 1.03 bits per heavy atom. The van der Waals surface area contributed by atoms with Gasteiger partial charge in [0.15, 0.2) is 0 Å². The molecule has 4 heterocycles. The number of carbonyl (C=O) groups is 2. The summed E-state index contributed by atoms with van der Waals surface area (Å²) in [6, 6.07) is 11.6. The second-order valence-electron chi connectivity index (χ2n) is 7.81. The summed E-state index contributed by atoms with van der Waals surface area (Å²) in [5.41, 5.74) is 1.06. The van der Waals surface area contributed by atoms with E-state index in [0.717, 1.165) is 47.9 Å². The van der Waals surface area contributed by atoms with Crippen LogP contribution in [-0.2, 0) is 11.3 Å². The Bertz CT molecular complexity index is 1010. The zero-order chi connectivity index (χ0) is 20.5. The maximum Gasteiger partial charge on any atom is 0.264 e. The summed E-state index contributed by atoms with van der Waals surface area (Å²) < 4.78 is 1.22. The van der Waals surface area contributed by atoms with Gasteiger partial charge in [-0.2, -0.15) is 0 Å². The fraction of sp³-hybridized carbons (Fsp3) is 0.409. The third-order valence-corrected chi connectivity index (χ3v) is 7.79. The van der Waals surface area contributed by atoms with E-state index in [-0.39, 0.29) is 17.9 Å². The number of likely N-dealkylation sites (tertiary alicyclic amines) is 1. The number of piperazine rings is 1. The summed E-state index contributed by atoms with van der Waals surface area (Å²) in [6.07, 6.45) is 1.66. The fourth-order valence-electron chi connectivity index (χ4n) is 4.32. The van der Waals surface area contributed by atoms with Gasteiger partial charge >= 0.3 is 0 Å². The first-order valence-corrected chi connectivity index (χ1v) is 12.1. The minimum Gasteiger partial charge on any atom is -0.338 e. The van der Waals surface area contributed by atoms with Crippen molar-refractivity contribution < 1.29 is 9.59 Å². The van der Waals surface area contributed by atoms with Crippen LogP contribution in [0.5, 0.6) is 0 Å². The molecular formula is C22H24N4O2S2. The molecule has 6 nitrogen and oxygen atoms in total. The van der Waals surface area contributed by atoms with Crippen molar-refractivity contribution in [3.63, 3.8) is 0 Å². The maximum absolute atomic E-state index is 13.2. The first-order valence-electron chi connectivity index (χ1n) is 10.4. The summed E-state index contributed by atoms with van der Waals surface area (Å²) in [7, 11) is 0. The van der Waals surface area contributed by atoms with E-state index < -0.39 is 0 Å². The Morgan fingerprint density at radius 2 is 1.87 bits per heavy atom. The minimum absolute atomic E-state index is 0.00433. The lowest BCUT2D eigenvalue weighted by molar-refractivity contribution is -0.137. The number of aromatic nitrogens is 1. The molecule has 3 aromatic rings. The molecule has 30 heavy (non-hydrogen) atoms. The fourth-order valence-corrected chi connectivity index (χ4v) is 6.01. The van der Waals surface area contributed by atoms with Gasteiger partial charge in [0.1, 0.15) is 11.0 Å². The van der Waals surface area contributed by atoms with Crippen molar-refractivity contribution in [3.8, 4) is 0 Å². The van der Waals surface area contributed by atoms with Crippen LogP contribution in [0.1, 0.15) is 27.5 Å². The van der Waals surface area contributed by atoms with E-state index >= 15 is 0 Å². The first kappa shape index (κ1) is 19.7. The van der Waals surface area contributed by atoms with Gasteiger partial charge in [0.25, 0.3) is 5.91 Å². The molecule has 2 amide bonds. The molecule has 2 aliphatic heterocycles. The predicted molar refractivity (Wildman–Crippen MR) is 120 cm³/mol. The number of hydrogen-bond acceptors (Lipinski definition) is 6. The number of hydrogen-bond donors (Lipinski definition) is 0. The molecule has 156 valence electrons. The highest BCUT2D eigenvalue weighted by atomic mass is 32.1. The van der Waals surface area contributed by atoms with Gasteiger partial charge in [0, 0.05) is 32.7 Å². The van der Waals surface area contributed by atoms with Crippen LogP contribution in [0, 0.1) is 0 Å².